The highest BCUT2D eigenvalue weighted by Gasteiger charge is 2.10. The van der Waals surface area contributed by atoms with Crippen LogP contribution in [-0.2, 0) is 11.3 Å². The second kappa shape index (κ2) is 5.93. The molecule has 1 aromatic carbocycles. The molecule has 0 fully saturated rings. The number of carbonyl (C=O) groups excluding carboxylic acids is 1. The lowest BCUT2D eigenvalue weighted by Crippen LogP contribution is -2.00. The van der Waals surface area contributed by atoms with Crippen LogP contribution in [0.3, 0.4) is 0 Å². The molecule has 5 heteroatoms. The second-order valence-corrected chi connectivity index (χ2v) is 4.98. The van der Waals surface area contributed by atoms with Crippen molar-refractivity contribution in [2.45, 2.75) is 13.5 Å². The molecule has 0 bridgehead atoms. The molecule has 1 N–H and O–H groups in total. The highest BCUT2D eigenvalue weighted by Crippen LogP contribution is 2.24. The van der Waals surface area contributed by atoms with E-state index < -0.39 is 5.97 Å². The summed E-state index contributed by atoms with van der Waals surface area (Å²) in [5.41, 5.74) is 2.58. The van der Waals surface area contributed by atoms with Gasteiger partial charge >= 0.3 is 5.97 Å². The maximum Gasteiger partial charge on any atom is 0.341 e. The van der Waals surface area contributed by atoms with Gasteiger partial charge < -0.3 is 14.5 Å². The van der Waals surface area contributed by atoms with Crippen LogP contribution in [0.2, 0.25) is 0 Å². The average Bonchev–Trinajstić information content (AvgIpc) is 2.85. The number of esters is 1. The lowest BCUT2D eigenvalue weighted by atomic mass is 10.2. The Morgan fingerprint density at radius 2 is 2.21 bits per heavy atom. The van der Waals surface area contributed by atoms with Gasteiger partial charge in [0.05, 0.1) is 19.2 Å². The molecule has 0 atom stereocenters. The summed E-state index contributed by atoms with van der Waals surface area (Å²) < 4.78 is 10.9. The van der Waals surface area contributed by atoms with Crippen LogP contribution in [0, 0.1) is 6.92 Å². The van der Waals surface area contributed by atoms with E-state index in [0.717, 1.165) is 10.2 Å². The zero-order chi connectivity index (χ0) is 13.8. The summed E-state index contributed by atoms with van der Waals surface area (Å²) in [5, 5.41) is 3.23. The maximum atomic E-state index is 11.3. The van der Waals surface area contributed by atoms with Crippen LogP contribution in [0.1, 0.15) is 21.7 Å². The van der Waals surface area contributed by atoms with E-state index in [1.54, 1.807) is 6.07 Å². The molecule has 19 heavy (non-hydrogen) atoms. The lowest BCUT2D eigenvalue weighted by Gasteiger charge is -2.07. The number of hydrogen-bond donors (Lipinski definition) is 1. The molecule has 0 aliphatic carbocycles. The number of rotatable bonds is 4. The molecule has 4 nitrogen and oxygen atoms in total. The number of halogens is 1. The largest absolute Gasteiger partial charge is 0.467 e. The number of hydrogen-bond acceptors (Lipinski definition) is 4. The van der Waals surface area contributed by atoms with Crippen molar-refractivity contribution < 1.29 is 13.9 Å². The van der Waals surface area contributed by atoms with Gasteiger partial charge in [0.2, 0.25) is 0 Å². The van der Waals surface area contributed by atoms with Gasteiger partial charge in [-0.15, -0.1) is 0 Å². The molecule has 1 aromatic heterocycles. The third kappa shape index (κ3) is 3.38. The predicted molar refractivity (Wildman–Crippen MR) is 76.3 cm³/mol. The zero-order valence-electron chi connectivity index (χ0n) is 10.7. The number of aryl methyl sites for hydroxylation is 1. The van der Waals surface area contributed by atoms with Crippen molar-refractivity contribution in [3.8, 4) is 0 Å². The average molecular weight is 324 g/mol. The number of carbonyl (C=O) groups is 1. The van der Waals surface area contributed by atoms with Gasteiger partial charge in [-0.25, -0.2) is 4.79 Å². The molecular weight excluding hydrogens is 310 g/mol. The number of benzene rings is 1. The Kier molecular flexibility index (Phi) is 4.27. The fraction of sp³-hybridized carbons (Fsp3) is 0.214. The molecule has 2 aromatic rings. The summed E-state index contributed by atoms with van der Waals surface area (Å²) in [6.07, 6.45) is 1.40. The van der Waals surface area contributed by atoms with Crippen LogP contribution in [0.15, 0.2) is 39.4 Å². The van der Waals surface area contributed by atoms with E-state index in [-0.39, 0.29) is 0 Å². The molecule has 0 radical (unpaired) electrons. The molecular formula is C14H14BrNO3. The Hall–Kier alpha value is -1.75. The highest BCUT2D eigenvalue weighted by atomic mass is 79.9. The van der Waals surface area contributed by atoms with Gasteiger partial charge in [-0.05, 0) is 46.6 Å². The SMILES string of the molecule is COC(=O)c1coc(CNc2ccc(C)cc2Br)c1. The standard InChI is InChI=1S/C14H14BrNO3/c1-9-3-4-13(12(15)5-9)16-7-11-6-10(8-19-11)14(17)18-2/h3-6,8,16H,7H2,1-2H3. The van der Waals surface area contributed by atoms with Gasteiger partial charge in [-0.3, -0.25) is 0 Å². The van der Waals surface area contributed by atoms with Gasteiger partial charge in [0, 0.05) is 10.2 Å². The number of anilines is 1. The monoisotopic (exact) mass is 323 g/mol. The topological polar surface area (TPSA) is 51.5 Å². The molecule has 0 spiro atoms. The number of furan rings is 1. The molecule has 100 valence electrons. The van der Waals surface area contributed by atoms with Gasteiger partial charge in [0.1, 0.15) is 12.0 Å². The van der Waals surface area contributed by atoms with Crippen LogP contribution < -0.4 is 5.32 Å². The minimum atomic E-state index is -0.397. The molecule has 0 saturated heterocycles. The number of nitrogens with one attached hydrogen (secondary N) is 1. The summed E-state index contributed by atoms with van der Waals surface area (Å²) in [6, 6.07) is 7.71. The maximum absolute atomic E-state index is 11.3. The Labute approximate surface area is 119 Å². The number of methoxy groups -OCH3 is 1. The third-order valence-electron chi connectivity index (χ3n) is 2.65. The second-order valence-electron chi connectivity index (χ2n) is 4.13. The van der Waals surface area contributed by atoms with Crippen LogP contribution in [0.4, 0.5) is 5.69 Å². The van der Waals surface area contributed by atoms with Crippen molar-refractivity contribution in [3.63, 3.8) is 0 Å². The zero-order valence-corrected chi connectivity index (χ0v) is 12.3. The summed E-state index contributed by atoms with van der Waals surface area (Å²) >= 11 is 3.49. The van der Waals surface area contributed by atoms with Crippen LogP contribution in [0.25, 0.3) is 0 Å². The first-order chi connectivity index (χ1) is 9.10. The molecule has 1 heterocycles. The number of ether oxygens (including phenoxy) is 1. The Morgan fingerprint density at radius 1 is 1.42 bits per heavy atom. The molecule has 2 rings (SSSR count). The van der Waals surface area contributed by atoms with Crippen molar-refractivity contribution in [3.05, 3.63) is 51.9 Å². The van der Waals surface area contributed by atoms with Crippen molar-refractivity contribution in [2.24, 2.45) is 0 Å². The van der Waals surface area contributed by atoms with Crippen LogP contribution in [0.5, 0.6) is 0 Å². The summed E-state index contributed by atoms with van der Waals surface area (Å²) in [7, 11) is 1.34. The quantitative estimate of drug-likeness (QED) is 0.870. The minimum Gasteiger partial charge on any atom is -0.467 e. The van der Waals surface area contributed by atoms with Crippen molar-refractivity contribution in [2.75, 3.05) is 12.4 Å². The highest BCUT2D eigenvalue weighted by molar-refractivity contribution is 9.10. The Balaban J connectivity index is 2.02. The molecule has 0 unspecified atom stereocenters. The van der Waals surface area contributed by atoms with Gasteiger partial charge in [-0.1, -0.05) is 6.07 Å². The summed E-state index contributed by atoms with van der Waals surface area (Å²) in [4.78, 5) is 11.3. The van der Waals surface area contributed by atoms with Crippen molar-refractivity contribution in [1.29, 1.82) is 0 Å². The molecule has 0 aliphatic rings. The van der Waals surface area contributed by atoms with E-state index in [4.69, 9.17) is 4.42 Å². The summed E-state index contributed by atoms with van der Waals surface area (Å²) in [5.74, 6) is 0.277. The van der Waals surface area contributed by atoms with E-state index in [0.29, 0.717) is 17.9 Å². The van der Waals surface area contributed by atoms with Gasteiger partial charge in [0.15, 0.2) is 0 Å². The normalized spacial score (nSPS) is 10.3. The van der Waals surface area contributed by atoms with E-state index in [1.165, 1.54) is 18.9 Å². The fourth-order valence-electron chi connectivity index (χ4n) is 1.64. The van der Waals surface area contributed by atoms with Crippen molar-refractivity contribution >= 4 is 27.6 Å². The van der Waals surface area contributed by atoms with E-state index in [9.17, 15) is 4.79 Å². The van der Waals surface area contributed by atoms with Gasteiger partial charge in [-0.2, -0.15) is 0 Å². The third-order valence-corrected chi connectivity index (χ3v) is 3.31. The molecule has 0 amide bonds. The fourth-order valence-corrected chi connectivity index (χ4v) is 2.28. The molecule has 0 saturated carbocycles. The first-order valence-electron chi connectivity index (χ1n) is 5.76. The predicted octanol–water partition coefficient (Wildman–Crippen LogP) is 3.75. The summed E-state index contributed by atoms with van der Waals surface area (Å²) in [6.45, 7) is 2.53. The van der Waals surface area contributed by atoms with Crippen LogP contribution in [-0.4, -0.2) is 13.1 Å². The lowest BCUT2D eigenvalue weighted by molar-refractivity contribution is 0.0600. The minimum absolute atomic E-state index is 0.397. The van der Waals surface area contributed by atoms with E-state index in [2.05, 4.69) is 26.0 Å². The Bertz CT molecular complexity index is 592. The first kappa shape index (κ1) is 13.7. The smallest absolute Gasteiger partial charge is 0.341 e. The van der Waals surface area contributed by atoms with Crippen molar-refractivity contribution in [1.82, 2.24) is 0 Å². The molecule has 0 aliphatic heterocycles. The first-order valence-corrected chi connectivity index (χ1v) is 6.55. The van der Waals surface area contributed by atoms with Crippen LogP contribution >= 0.6 is 15.9 Å². The van der Waals surface area contributed by atoms with E-state index in [1.807, 2.05) is 25.1 Å². The Morgan fingerprint density at radius 3 is 2.89 bits per heavy atom. The van der Waals surface area contributed by atoms with Gasteiger partial charge in [0.25, 0.3) is 0 Å². The van der Waals surface area contributed by atoms with E-state index >= 15 is 0 Å².